The Hall–Kier alpha value is -7.34. The number of anilines is 3. The molecule has 0 aliphatic carbocycles. The minimum absolute atomic E-state index is 1.14. The molecule has 0 spiro atoms. The van der Waals surface area contributed by atoms with Crippen molar-refractivity contribution >= 4 is 112 Å². The number of thiophene rings is 3. The predicted molar refractivity (Wildman–Crippen MR) is 282 cm³/mol. The molecule has 13 aromatic rings. The predicted octanol–water partition coefficient (Wildman–Crippen LogP) is 18.9. The topological polar surface area (TPSA) is 3.24 Å². The lowest BCUT2D eigenvalue weighted by atomic mass is 9.94. The summed E-state index contributed by atoms with van der Waals surface area (Å²) in [6.07, 6.45) is 0. The van der Waals surface area contributed by atoms with Gasteiger partial charge in [0.1, 0.15) is 0 Å². The minimum atomic E-state index is 1.14. The highest BCUT2D eigenvalue weighted by atomic mass is 32.1. The molecule has 300 valence electrons. The zero-order valence-electron chi connectivity index (χ0n) is 34.5. The van der Waals surface area contributed by atoms with Crippen molar-refractivity contribution in [1.29, 1.82) is 0 Å². The monoisotopic (exact) mass is 867 g/mol. The van der Waals surface area contributed by atoms with Gasteiger partial charge < -0.3 is 4.90 Å². The average Bonchev–Trinajstić information content (AvgIpc) is 4.07. The van der Waals surface area contributed by atoms with Crippen molar-refractivity contribution in [2.24, 2.45) is 0 Å². The van der Waals surface area contributed by atoms with E-state index < -0.39 is 0 Å². The molecular weight excluding hydrogens is 831 g/mol. The summed E-state index contributed by atoms with van der Waals surface area (Å²) < 4.78 is 7.71. The van der Waals surface area contributed by atoms with Crippen molar-refractivity contribution < 1.29 is 0 Å². The van der Waals surface area contributed by atoms with Crippen LogP contribution in [0.4, 0.5) is 17.1 Å². The Morgan fingerprint density at radius 2 is 0.875 bits per heavy atom. The zero-order chi connectivity index (χ0) is 42.1. The van der Waals surface area contributed by atoms with Crippen LogP contribution in [0.5, 0.6) is 0 Å². The molecule has 10 aromatic carbocycles. The summed E-state index contributed by atoms with van der Waals surface area (Å²) in [5.41, 5.74) is 13.4. The van der Waals surface area contributed by atoms with Gasteiger partial charge in [-0.15, -0.1) is 34.0 Å². The van der Waals surface area contributed by atoms with Crippen LogP contribution < -0.4 is 4.90 Å². The Bertz CT molecular complexity index is 3880. The van der Waals surface area contributed by atoms with E-state index in [2.05, 4.69) is 229 Å². The van der Waals surface area contributed by atoms with E-state index in [0.29, 0.717) is 0 Å². The highest BCUT2D eigenvalue weighted by Crippen LogP contribution is 2.53. The lowest BCUT2D eigenvalue weighted by Gasteiger charge is -2.28. The van der Waals surface area contributed by atoms with Gasteiger partial charge in [0.25, 0.3) is 0 Å². The van der Waals surface area contributed by atoms with Crippen LogP contribution >= 0.6 is 34.0 Å². The largest absolute Gasteiger partial charge is 0.308 e. The summed E-state index contributed by atoms with van der Waals surface area (Å²) in [7, 11) is 0. The number of benzene rings is 10. The van der Waals surface area contributed by atoms with Gasteiger partial charge in [-0.2, -0.15) is 0 Å². The van der Waals surface area contributed by atoms with Gasteiger partial charge >= 0.3 is 0 Å². The maximum atomic E-state index is 2.57. The molecule has 0 saturated heterocycles. The van der Waals surface area contributed by atoms with E-state index in [0.717, 1.165) is 5.69 Å². The molecule has 0 unspecified atom stereocenters. The number of rotatable bonds is 7. The van der Waals surface area contributed by atoms with Crippen molar-refractivity contribution in [3.63, 3.8) is 0 Å². The summed E-state index contributed by atoms with van der Waals surface area (Å²) in [5, 5.41) is 7.68. The summed E-state index contributed by atoms with van der Waals surface area (Å²) in [6.45, 7) is 0. The Morgan fingerprint density at radius 3 is 1.62 bits per heavy atom. The summed E-state index contributed by atoms with van der Waals surface area (Å²) in [4.78, 5) is 2.57. The smallest absolute Gasteiger partial charge is 0.0640 e. The maximum Gasteiger partial charge on any atom is 0.0640 e. The van der Waals surface area contributed by atoms with Crippen molar-refractivity contribution in [1.82, 2.24) is 0 Å². The van der Waals surface area contributed by atoms with Gasteiger partial charge in [-0.3, -0.25) is 0 Å². The quantitative estimate of drug-likeness (QED) is 0.154. The van der Waals surface area contributed by atoms with Crippen LogP contribution in [0.25, 0.3) is 105 Å². The molecule has 0 bridgehead atoms. The van der Waals surface area contributed by atoms with Gasteiger partial charge in [-0.1, -0.05) is 170 Å². The standard InChI is InChI=1S/C60H37NS3/c1-5-16-38(17-6-1)42-28-30-48-55(35-42)64-60-45(40-20-9-3-10-21-40)31-32-51(58(48)60)61(52-26-15-25-47-46-24-13-14-27-53(46)63-59(47)52)44-29-33-54-50(37-44)57-49(41-22-11-4-12-23-41)34-43(36-56(57)62-54)39-18-7-2-8-19-39/h1-37H. The number of nitrogens with zero attached hydrogens (tertiary/aromatic N) is 1. The van der Waals surface area contributed by atoms with E-state index in [1.165, 1.54) is 116 Å². The van der Waals surface area contributed by atoms with E-state index in [1.807, 2.05) is 34.0 Å². The van der Waals surface area contributed by atoms with Crippen LogP contribution in [0.2, 0.25) is 0 Å². The summed E-state index contributed by atoms with van der Waals surface area (Å²) >= 11 is 5.68. The van der Waals surface area contributed by atoms with Crippen LogP contribution in [-0.4, -0.2) is 0 Å². The fraction of sp³-hybridized carbons (Fsp3) is 0. The first-order valence-corrected chi connectivity index (χ1v) is 24.1. The highest BCUT2D eigenvalue weighted by molar-refractivity contribution is 7.27. The number of fused-ring (bicyclic) bond motifs is 9. The molecule has 0 atom stereocenters. The maximum absolute atomic E-state index is 2.57. The van der Waals surface area contributed by atoms with Gasteiger partial charge in [-0.25, -0.2) is 0 Å². The zero-order valence-corrected chi connectivity index (χ0v) is 37.0. The van der Waals surface area contributed by atoms with Crippen LogP contribution in [0.1, 0.15) is 0 Å². The fourth-order valence-corrected chi connectivity index (χ4v) is 13.4. The molecular formula is C60H37NS3. The second-order valence-corrected chi connectivity index (χ2v) is 19.6. The molecule has 0 saturated carbocycles. The highest BCUT2D eigenvalue weighted by Gasteiger charge is 2.25. The van der Waals surface area contributed by atoms with E-state index in [1.54, 1.807) is 0 Å². The first kappa shape index (κ1) is 37.2. The Morgan fingerprint density at radius 1 is 0.266 bits per heavy atom. The van der Waals surface area contributed by atoms with E-state index in [-0.39, 0.29) is 0 Å². The second kappa shape index (κ2) is 15.2. The van der Waals surface area contributed by atoms with Gasteiger partial charge in [0.15, 0.2) is 0 Å². The average molecular weight is 868 g/mol. The molecule has 0 aliphatic heterocycles. The lowest BCUT2D eigenvalue weighted by molar-refractivity contribution is 1.33. The van der Waals surface area contributed by atoms with Crippen LogP contribution in [0, 0.1) is 0 Å². The minimum Gasteiger partial charge on any atom is -0.308 e. The van der Waals surface area contributed by atoms with Gasteiger partial charge in [0, 0.05) is 61.5 Å². The molecule has 13 rings (SSSR count). The Kier molecular flexibility index (Phi) is 8.83. The van der Waals surface area contributed by atoms with Crippen LogP contribution in [0.3, 0.4) is 0 Å². The molecule has 64 heavy (non-hydrogen) atoms. The lowest BCUT2D eigenvalue weighted by Crippen LogP contribution is -2.10. The summed E-state index contributed by atoms with van der Waals surface area (Å²) in [5.74, 6) is 0. The molecule has 0 N–H and O–H groups in total. The van der Waals surface area contributed by atoms with E-state index >= 15 is 0 Å². The van der Waals surface area contributed by atoms with Crippen molar-refractivity contribution in [3.05, 3.63) is 224 Å². The SMILES string of the molecule is c1ccc(-c2ccc3c(c2)sc2c(-c4ccccc4)ccc(N(c4ccc5sc6cc(-c7ccccc7)cc(-c7ccccc7)c6c5c4)c4cccc5c4sc4ccccc45)c23)cc1. The molecule has 0 fully saturated rings. The van der Waals surface area contributed by atoms with Crippen molar-refractivity contribution in [2.45, 2.75) is 0 Å². The fourth-order valence-electron chi connectivity index (χ4n) is 9.70. The molecule has 3 heterocycles. The normalized spacial score (nSPS) is 11.8. The molecule has 0 radical (unpaired) electrons. The number of hydrogen-bond acceptors (Lipinski definition) is 4. The van der Waals surface area contributed by atoms with E-state index in [9.17, 15) is 0 Å². The first-order chi connectivity index (χ1) is 31.7. The molecule has 0 amide bonds. The van der Waals surface area contributed by atoms with Crippen LogP contribution in [0.15, 0.2) is 224 Å². The molecule has 3 aromatic heterocycles. The third-order valence-electron chi connectivity index (χ3n) is 12.7. The van der Waals surface area contributed by atoms with Crippen LogP contribution in [-0.2, 0) is 0 Å². The van der Waals surface area contributed by atoms with E-state index in [4.69, 9.17) is 0 Å². The number of hydrogen-bond donors (Lipinski definition) is 0. The first-order valence-electron chi connectivity index (χ1n) is 21.7. The Labute approximate surface area is 383 Å². The van der Waals surface area contributed by atoms with Crippen molar-refractivity contribution in [3.8, 4) is 44.5 Å². The Balaban J connectivity index is 1.12. The van der Waals surface area contributed by atoms with Crippen molar-refractivity contribution in [2.75, 3.05) is 4.90 Å². The van der Waals surface area contributed by atoms with Gasteiger partial charge in [0.2, 0.25) is 0 Å². The second-order valence-electron chi connectivity index (χ2n) is 16.4. The molecule has 1 nitrogen and oxygen atoms in total. The van der Waals surface area contributed by atoms with Gasteiger partial charge in [0.05, 0.1) is 16.1 Å². The third kappa shape index (κ3) is 6.10. The summed E-state index contributed by atoms with van der Waals surface area (Å²) in [6, 6.07) is 82.8. The van der Waals surface area contributed by atoms with Gasteiger partial charge in [-0.05, 0) is 99.1 Å². The molecule has 0 aliphatic rings. The third-order valence-corrected chi connectivity index (χ3v) is 16.2. The molecule has 4 heteroatoms.